The van der Waals surface area contributed by atoms with Crippen molar-refractivity contribution in [3.8, 4) is 5.69 Å². The molecule has 0 radical (unpaired) electrons. The maximum Gasteiger partial charge on any atom is 0.405 e. The van der Waals surface area contributed by atoms with E-state index in [0.29, 0.717) is 0 Å². The second-order valence-electron chi connectivity index (χ2n) is 4.20. The van der Waals surface area contributed by atoms with Crippen LogP contribution in [0, 0.1) is 20.2 Å². The van der Waals surface area contributed by atoms with Crippen molar-refractivity contribution in [1.29, 1.82) is 0 Å². The van der Waals surface area contributed by atoms with E-state index in [4.69, 9.17) is 0 Å². The summed E-state index contributed by atoms with van der Waals surface area (Å²) < 4.78 is 1.02. The van der Waals surface area contributed by atoms with Crippen LogP contribution in [0.1, 0.15) is 0 Å². The molecule has 2 aromatic heterocycles. The largest absolute Gasteiger partial charge is 0.405 e. The normalized spacial score (nSPS) is 10.7. The molecule has 0 aliphatic carbocycles. The number of benzene rings is 1. The van der Waals surface area contributed by atoms with Gasteiger partial charge in [-0.1, -0.05) is 6.07 Å². The zero-order valence-corrected chi connectivity index (χ0v) is 10.7. The number of rotatable bonds is 3. The Morgan fingerprint density at radius 3 is 2.64 bits per heavy atom. The van der Waals surface area contributed by atoms with Crippen molar-refractivity contribution >= 4 is 22.5 Å². The van der Waals surface area contributed by atoms with E-state index in [9.17, 15) is 25.0 Å². The lowest BCUT2D eigenvalue weighted by Gasteiger charge is -1.97. The Kier molecular flexibility index (Phi) is 2.87. The van der Waals surface area contributed by atoms with Crippen LogP contribution >= 0.6 is 0 Å². The fourth-order valence-electron chi connectivity index (χ4n) is 1.99. The van der Waals surface area contributed by atoms with Gasteiger partial charge < -0.3 is 15.1 Å². The summed E-state index contributed by atoms with van der Waals surface area (Å²) in [6.45, 7) is 0. The van der Waals surface area contributed by atoms with Gasteiger partial charge in [0.15, 0.2) is 11.0 Å². The molecule has 22 heavy (non-hydrogen) atoms. The minimum atomic E-state index is -0.812. The average Bonchev–Trinajstić information content (AvgIpc) is 2.88. The molecule has 2 heterocycles. The number of hydrogen-bond donors (Lipinski definition) is 1. The molecule has 1 aromatic carbocycles. The van der Waals surface area contributed by atoms with Crippen LogP contribution in [-0.2, 0) is 0 Å². The maximum atomic E-state index is 11.8. The third-order valence-corrected chi connectivity index (χ3v) is 2.91. The highest BCUT2D eigenvalue weighted by Gasteiger charge is 2.26. The molecule has 110 valence electrons. The highest BCUT2D eigenvalue weighted by Crippen LogP contribution is 2.24. The number of hydrogen-bond acceptors (Lipinski definition) is 7. The van der Waals surface area contributed by atoms with Crippen LogP contribution in [0.2, 0.25) is 0 Å². The van der Waals surface area contributed by atoms with E-state index in [1.54, 1.807) is 0 Å². The first-order valence-electron chi connectivity index (χ1n) is 5.84. The molecule has 0 saturated heterocycles. The summed E-state index contributed by atoms with van der Waals surface area (Å²) in [7, 11) is 0. The third kappa shape index (κ3) is 1.96. The fraction of sp³-hybridized carbons (Fsp3) is 0. The minimum Gasteiger partial charge on any atom is -0.358 e. The predicted molar refractivity (Wildman–Crippen MR) is 72.8 cm³/mol. The second kappa shape index (κ2) is 4.73. The number of nitrogens with one attached hydrogen (secondary N) is 1. The molecule has 11 heteroatoms. The third-order valence-electron chi connectivity index (χ3n) is 2.91. The second-order valence-corrected chi connectivity index (χ2v) is 4.20. The number of nitro benzene ring substituents is 1. The molecule has 0 unspecified atom stereocenters. The van der Waals surface area contributed by atoms with Crippen LogP contribution in [0.3, 0.4) is 0 Å². The molecule has 0 spiro atoms. The molecule has 0 aliphatic heterocycles. The molecule has 1 N–H and O–H groups in total. The first-order valence-corrected chi connectivity index (χ1v) is 5.84. The molecule has 0 saturated carbocycles. The molecular weight excluding hydrogens is 296 g/mol. The Balaban J connectivity index is 2.35. The summed E-state index contributed by atoms with van der Waals surface area (Å²) in [6.07, 6.45) is 1.07. The van der Waals surface area contributed by atoms with E-state index in [2.05, 4.69) is 15.1 Å². The van der Waals surface area contributed by atoms with Gasteiger partial charge in [-0.2, -0.15) is 0 Å². The van der Waals surface area contributed by atoms with Gasteiger partial charge in [0.2, 0.25) is 0 Å². The number of H-pyrrole nitrogens is 1. The maximum absolute atomic E-state index is 11.8. The molecule has 0 fully saturated rings. The van der Waals surface area contributed by atoms with Crippen molar-refractivity contribution in [2.24, 2.45) is 0 Å². The first kappa shape index (κ1) is 13.4. The molecule has 11 nitrogen and oxygen atoms in total. The van der Waals surface area contributed by atoms with Crippen LogP contribution < -0.4 is 5.56 Å². The summed E-state index contributed by atoms with van der Waals surface area (Å²) in [6, 6.07) is 5.31. The van der Waals surface area contributed by atoms with Crippen LogP contribution in [0.4, 0.5) is 11.5 Å². The van der Waals surface area contributed by atoms with E-state index in [1.807, 2.05) is 0 Å². The summed E-state index contributed by atoms with van der Waals surface area (Å²) in [5.74, 6) is -0.671. The number of nitrogens with zero attached hydrogens (tertiary/aromatic N) is 5. The number of non-ortho nitro benzene ring substituents is 1. The zero-order valence-electron chi connectivity index (χ0n) is 10.7. The lowest BCUT2D eigenvalue weighted by atomic mass is 10.3. The molecular formula is C11H6N6O5. The van der Waals surface area contributed by atoms with E-state index >= 15 is 0 Å². The van der Waals surface area contributed by atoms with Crippen molar-refractivity contribution in [2.45, 2.75) is 0 Å². The van der Waals surface area contributed by atoms with E-state index < -0.39 is 21.2 Å². The monoisotopic (exact) mass is 302 g/mol. The highest BCUT2D eigenvalue weighted by molar-refractivity contribution is 5.84. The van der Waals surface area contributed by atoms with Gasteiger partial charge >= 0.3 is 5.82 Å². The number of fused-ring (bicyclic) bond motifs is 1. The number of aromatic nitrogens is 4. The van der Waals surface area contributed by atoms with Crippen molar-refractivity contribution < 1.29 is 9.85 Å². The Labute approximate surface area is 120 Å². The van der Waals surface area contributed by atoms with E-state index in [-0.39, 0.29) is 22.4 Å². The Bertz CT molecular complexity index is 975. The van der Waals surface area contributed by atoms with Gasteiger partial charge in [0.25, 0.3) is 11.2 Å². The SMILES string of the molecule is O=c1[nH]cnc2c1c([N+](=O)[O-])nn2-c1cccc([N+](=O)[O-])c1. The molecule has 0 amide bonds. The summed E-state index contributed by atoms with van der Waals surface area (Å²) in [5.41, 5.74) is -0.802. The van der Waals surface area contributed by atoms with Gasteiger partial charge in [0.1, 0.15) is 0 Å². The molecule has 3 rings (SSSR count). The van der Waals surface area contributed by atoms with Crippen molar-refractivity contribution in [3.63, 3.8) is 0 Å². The smallest absolute Gasteiger partial charge is 0.358 e. The van der Waals surface area contributed by atoms with Gasteiger partial charge in [-0.3, -0.25) is 14.9 Å². The fourth-order valence-corrected chi connectivity index (χ4v) is 1.99. The highest BCUT2D eigenvalue weighted by atomic mass is 16.6. The van der Waals surface area contributed by atoms with E-state index in [1.165, 1.54) is 24.3 Å². The van der Waals surface area contributed by atoms with Crippen LogP contribution in [0.5, 0.6) is 0 Å². The van der Waals surface area contributed by atoms with Gasteiger partial charge in [0, 0.05) is 12.1 Å². The van der Waals surface area contributed by atoms with Crippen molar-refractivity contribution in [2.75, 3.05) is 0 Å². The Morgan fingerprint density at radius 1 is 1.18 bits per heavy atom. The lowest BCUT2D eigenvalue weighted by Crippen LogP contribution is -2.07. The van der Waals surface area contributed by atoms with Crippen LogP contribution in [0.15, 0.2) is 35.4 Å². The molecule has 3 aromatic rings. The Hall–Kier alpha value is -3.63. The molecule has 0 bridgehead atoms. The number of nitro groups is 2. The van der Waals surface area contributed by atoms with Gasteiger partial charge in [-0.05, 0) is 11.0 Å². The average molecular weight is 302 g/mol. The summed E-state index contributed by atoms with van der Waals surface area (Å²) in [4.78, 5) is 38.3. The summed E-state index contributed by atoms with van der Waals surface area (Å²) in [5, 5.41) is 25.3. The predicted octanol–water partition coefficient (Wildman–Crippen LogP) is 0.925. The topological polar surface area (TPSA) is 150 Å². The van der Waals surface area contributed by atoms with Gasteiger partial charge in [-0.15, -0.1) is 4.68 Å². The summed E-state index contributed by atoms with van der Waals surface area (Å²) >= 11 is 0. The van der Waals surface area contributed by atoms with Crippen molar-refractivity contribution in [3.05, 3.63) is 61.2 Å². The van der Waals surface area contributed by atoms with E-state index in [0.717, 1.165) is 11.0 Å². The van der Waals surface area contributed by atoms with Crippen molar-refractivity contribution in [1.82, 2.24) is 19.7 Å². The van der Waals surface area contributed by atoms with Gasteiger partial charge in [0.05, 0.1) is 22.0 Å². The first-order chi connectivity index (χ1) is 10.5. The standard InChI is InChI=1S/C11H6N6O5/c18-11-8-9(12-5-13-11)15(14-10(8)17(21)22)6-2-1-3-7(4-6)16(19)20/h1-5H,(H,12,13,18). The Morgan fingerprint density at radius 2 is 1.95 bits per heavy atom. The minimum absolute atomic E-state index is 0.0593. The van der Waals surface area contributed by atoms with Crippen LogP contribution in [0.25, 0.3) is 16.7 Å². The molecule has 0 aliphatic rings. The lowest BCUT2D eigenvalue weighted by molar-refractivity contribution is -0.388. The number of aromatic amines is 1. The van der Waals surface area contributed by atoms with Gasteiger partial charge in [-0.25, -0.2) is 4.98 Å². The quantitative estimate of drug-likeness (QED) is 0.558. The molecule has 0 atom stereocenters. The van der Waals surface area contributed by atoms with Crippen LogP contribution in [-0.4, -0.2) is 29.6 Å². The zero-order chi connectivity index (χ0) is 15.9.